The molecule has 19 heavy (non-hydrogen) atoms. The summed E-state index contributed by atoms with van der Waals surface area (Å²) < 4.78 is 13.7. The molecule has 0 saturated carbocycles. The molecule has 0 aromatic heterocycles. The standard InChI is InChI=1S/C16H25FN2/c1-12-13(17)7-5-8-14(12)19-10-6-9-18-15(11-19)16(2,3)4/h5,7-8,15,18H,6,9-11H2,1-4H3. The number of hydrogen-bond acceptors (Lipinski definition) is 2. The molecule has 2 nitrogen and oxygen atoms in total. The summed E-state index contributed by atoms with van der Waals surface area (Å²) in [5, 5.41) is 3.62. The highest BCUT2D eigenvalue weighted by Gasteiger charge is 2.28. The first-order chi connectivity index (χ1) is 8.89. The van der Waals surface area contributed by atoms with Gasteiger partial charge in [0.15, 0.2) is 0 Å². The van der Waals surface area contributed by atoms with Gasteiger partial charge in [0.1, 0.15) is 5.82 Å². The van der Waals surface area contributed by atoms with Crippen molar-refractivity contribution in [2.75, 3.05) is 24.5 Å². The van der Waals surface area contributed by atoms with Crippen molar-refractivity contribution >= 4 is 5.69 Å². The van der Waals surface area contributed by atoms with Gasteiger partial charge in [-0.15, -0.1) is 0 Å². The van der Waals surface area contributed by atoms with Gasteiger partial charge in [-0.2, -0.15) is 0 Å². The van der Waals surface area contributed by atoms with E-state index in [0.29, 0.717) is 6.04 Å². The summed E-state index contributed by atoms with van der Waals surface area (Å²) in [7, 11) is 0. The molecular formula is C16H25FN2. The summed E-state index contributed by atoms with van der Waals surface area (Å²) in [6.07, 6.45) is 1.10. The first-order valence-electron chi connectivity index (χ1n) is 7.13. The molecule has 0 amide bonds. The predicted molar refractivity (Wildman–Crippen MR) is 79.2 cm³/mol. The Morgan fingerprint density at radius 3 is 2.74 bits per heavy atom. The molecule has 1 fully saturated rings. The molecule has 1 aliphatic heterocycles. The highest BCUT2D eigenvalue weighted by molar-refractivity contribution is 5.53. The summed E-state index contributed by atoms with van der Waals surface area (Å²) in [5.41, 5.74) is 2.01. The lowest BCUT2D eigenvalue weighted by Gasteiger charge is -2.35. The second-order valence-corrected chi connectivity index (χ2v) is 6.56. The third kappa shape index (κ3) is 3.27. The molecule has 106 valence electrons. The van der Waals surface area contributed by atoms with Gasteiger partial charge >= 0.3 is 0 Å². The molecule has 1 saturated heterocycles. The van der Waals surface area contributed by atoms with Gasteiger partial charge in [0.25, 0.3) is 0 Å². The van der Waals surface area contributed by atoms with E-state index in [-0.39, 0.29) is 11.2 Å². The van der Waals surface area contributed by atoms with E-state index in [1.54, 1.807) is 0 Å². The minimum absolute atomic E-state index is 0.109. The second-order valence-electron chi connectivity index (χ2n) is 6.56. The van der Waals surface area contributed by atoms with Gasteiger partial charge in [-0.25, -0.2) is 4.39 Å². The summed E-state index contributed by atoms with van der Waals surface area (Å²) in [4.78, 5) is 2.33. The normalized spacial score (nSPS) is 21.3. The summed E-state index contributed by atoms with van der Waals surface area (Å²) in [6.45, 7) is 11.6. The second kappa shape index (κ2) is 5.49. The fraction of sp³-hybridized carbons (Fsp3) is 0.625. The van der Waals surface area contributed by atoms with Crippen LogP contribution in [0.2, 0.25) is 0 Å². The molecule has 3 heteroatoms. The van der Waals surface area contributed by atoms with Crippen LogP contribution in [-0.2, 0) is 0 Å². The van der Waals surface area contributed by atoms with E-state index in [0.717, 1.165) is 37.3 Å². The molecule has 1 atom stereocenters. The van der Waals surface area contributed by atoms with Crippen molar-refractivity contribution in [1.82, 2.24) is 5.32 Å². The average Bonchev–Trinajstić information content (AvgIpc) is 2.58. The number of nitrogens with zero attached hydrogens (tertiary/aromatic N) is 1. The molecule has 1 N–H and O–H groups in total. The van der Waals surface area contributed by atoms with Crippen LogP contribution < -0.4 is 10.2 Å². The van der Waals surface area contributed by atoms with Crippen LogP contribution in [0.5, 0.6) is 0 Å². The third-order valence-corrected chi connectivity index (χ3v) is 4.02. The van der Waals surface area contributed by atoms with Crippen LogP contribution in [0.25, 0.3) is 0 Å². The van der Waals surface area contributed by atoms with Crippen LogP contribution in [-0.4, -0.2) is 25.7 Å². The zero-order valence-electron chi connectivity index (χ0n) is 12.5. The maximum absolute atomic E-state index is 13.7. The molecule has 2 rings (SSSR count). The quantitative estimate of drug-likeness (QED) is 0.837. The average molecular weight is 264 g/mol. The Morgan fingerprint density at radius 2 is 2.05 bits per heavy atom. The predicted octanol–water partition coefficient (Wildman–Crippen LogP) is 3.35. The maximum atomic E-state index is 13.7. The fourth-order valence-electron chi connectivity index (χ4n) is 2.66. The Hall–Kier alpha value is -1.09. The molecule has 0 bridgehead atoms. The molecule has 1 aromatic carbocycles. The zero-order valence-corrected chi connectivity index (χ0v) is 12.5. The van der Waals surface area contributed by atoms with Gasteiger partial charge in [-0.3, -0.25) is 0 Å². The summed E-state index contributed by atoms with van der Waals surface area (Å²) >= 11 is 0. The number of nitrogens with one attached hydrogen (secondary N) is 1. The zero-order chi connectivity index (χ0) is 14.0. The van der Waals surface area contributed by atoms with E-state index >= 15 is 0 Å². The lowest BCUT2D eigenvalue weighted by molar-refractivity contribution is 0.280. The Labute approximate surface area is 116 Å². The van der Waals surface area contributed by atoms with Gasteiger partial charge in [-0.05, 0) is 37.4 Å². The summed E-state index contributed by atoms with van der Waals surface area (Å²) in [5.74, 6) is -0.109. The Kier molecular flexibility index (Phi) is 4.14. The highest BCUT2D eigenvalue weighted by Crippen LogP contribution is 2.27. The number of benzene rings is 1. The number of hydrogen-bond donors (Lipinski definition) is 1. The van der Waals surface area contributed by atoms with Crippen molar-refractivity contribution in [3.05, 3.63) is 29.6 Å². The number of anilines is 1. The van der Waals surface area contributed by atoms with E-state index in [1.165, 1.54) is 6.07 Å². The Bertz CT molecular complexity index is 437. The molecule has 1 unspecified atom stereocenters. The first kappa shape index (κ1) is 14.3. The minimum atomic E-state index is -0.109. The molecule has 0 spiro atoms. The minimum Gasteiger partial charge on any atom is -0.370 e. The first-order valence-corrected chi connectivity index (χ1v) is 7.13. The fourth-order valence-corrected chi connectivity index (χ4v) is 2.66. The lowest BCUT2D eigenvalue weighted by atomic mass is 9.86. The maximum Gasteiger partial charge on any atom is 0.128 e. The molecule has 1 heterocycles. The lowest BCUT2D eigenvalue weighted by Crippen LogP contribution is -2.46. The van der Waals surface area contributed by atoms with Crippen LogP contribution in [0.1, 0.15) is 32.8 Å². The van der Waals surface area contributed by atoms with E-state index < -0.39 is 0 Å². The van der Waals surface area contributed by atoms with Gasteiger partial charge in [-0.1, -0.05) is 26.8 Å². The SMILES string of the molecule is Cc1c(F)cccc1N1CCCNC(C(C)(C)C)C1. The van der Waals surface area contributed by atoms with Crippen molar-refractivity contribution in [1.29, 1.82) is 0 Å². The van der Waals surface area contributed by atoms with Crippen LogP contribution in [0.15, 0.2) is 18.2 Å². The third-order valence-electron chi connectivity index (χ3n) is 4.02. The van der Waals surface area contributed by atoms with Crippen LogP contribution in [0, 0.1) is 18.2 Å². The van der Waals surface area contributed by atoms with Crippen molar-refractivity contribution in [2.24, 2.45) is 5.41 Å². The summed E-state index contributed by atoms with van der Waals surface area (Å²) in [6, 6.07) is 5.81. The van der Waals surface area contributed by atoms with Crippen molar-refractivity contribution < 1.29 is 4.39 Å². The molecule has 1 aromatic rings. The van der Waals surface area contributed by atoms with Gasteiger partial charge in [0.05, 0.1) is 0 Å². The van der Waals surface area contributed by atoms with Crippen LogP contribution >= 0.6 is 0 Å². The smallest absolute Gasteiger partial charge is 0.128 e. The van der Waals surface area contributed by atoms with Gasteiger partial charge in [0, 0.05) is 30.4 Å². The van der Waals surface area contributed by atoms with Crippen molar-refractivity contribution in [2.45, 2.75) is 40.2 Å². The molecular weight excluding hydrogens is 239 g/mol. The van der Waals surface area contributed by atoms with Gasteiger partial charge < -0.3 is 10.2 Å². The van der Waals surface area contributed by atoms with Crippen molar-refractivity contribution in [3.8, 4) is 0 Å². The largest absolute Gasteiger partial charge is 0.370 e. The Balaban J connectivity index is 2.25. The van der Waals surface area contributed by atoms with Crippen LogP contribution in [0.3, 0.4) is 0 Å². The number of halogens is 1. The van der Waals surface area contributed by atoms with Crippen LogP contribution in [0.4, 0.5) is 10.1 Å². The van der Waals surface area contributed by atoms with E-state index in [2.05, 4.69) is 31.0 Å². The topological polar surface area (TPSA) is 15.3 Å². The van der Waals surface area contributed by atoms with Crippen molar-refractivity contribution in [3.63, 3.8) is 0 Å². The molecule has 0 aliphatic carbocycles. The Morgan fingerprint density at radius 1 is 1.32 bits per heavy atom. The van der Waals surface area contributed by atoms with E-state index in [4.69, 9.17) is 0 Å². The van der Waals surface area contributed by atoms with E-state index in [1.807, 2.05) is 19.1 Å². The monoisotopic (exact) mass is 264 g/mol. The molecule has 0 radical (unpaired) electrons. The number of rotatable bonds is 1. The van der Waals surface area contributed by atoms with Gasteiger partial charge in [0.2, 0.25) is 0 Å². The molecule has 1 aliphatic rings. The highest BCUT2D eigenvalue weighted by atomic mass is 19.1. The van der Waals surface area contributed by atoms with E-state index in [9.17, 15) is 4.39 Å².